The van der Waals surface area contributed by atoms with Gasteiger partial charge in [-0.15, -0.1) is 0 Å². The van der Waals surface area contributed by atoms with Crippen molar-refractivity contribution in [3.63, 3.8) is 0 Å². The smallest absolute Gasteiger partial charge is 0.123 e. The summed E-state index contributed by atoms with van der Waals surface area (Å²) in [5.41, 5.74) is 12.4. The van der Waals surface area contributed by atoms with E-state index in [-0.39, 0.29) is 6.10 Å². The molecule has 1 aromatic rings. The quantitative estimate of drug-likeness (QED) is 0.528. The summed E-state index contributed by atoms with van der Waals surface area (Å²) >= 11 is 0. The van der Waals surface area contributed by atoms with Crippen molar-refractivity contribution in [2.75, 3.05) is 24.7 Å². The number of anilines is 2. The minimum Gasteiger partial charge on any atom is -0.491 e. The molecule has 2 rings (SSSR count). The van der Waals surface area contributed by atoms with Crippen LogP contribution in [0.1, 0.15) is 0 Å². The predicted octanol–water partition coefficient (Wildman–Crippen LogP) is 0.629. The minimum atomic E-state index is 0.252. The Bertz CT molecular complexity index is 290. The number of hydrogen-bond donors (Lipinski definition) is 2. The second kappa shape index (κ2) is 3.14. The van der Waals surface area contributed by atoms with Gasteiger partial charge in [-0.3, -0.25) is 0 Å². The third-order valence-electron chi connectivity index (χ3n) is 1.79. The Hall–Kier alpha value is -1.42. The molecule has 1 saturated heterocycles. The van der Waals surface area contributed by atoms with E-state index in [1.165, 1.54) is 0 Å². The summed E-state index contributed by atoms with van der Waals surface area (Å²) in [6.45, 7) is 1.36. The maximum Gasteiger partial charge on any atom is 0.123 e. The van der Waals surface area contributed by atoms with Gasteiger partial charge in [-0.2, -0.15) is 0 Å². The van der Waals surface area contributed by atoms with E-state index in [0.29, 0.717) is 23.7 Å². The zero-order valence-electron chi connectivity index (χ0n) is 7.19. The highest BCUT2D eigenvalue weighted by Gasteiger charge is 2.23. The van der Waals surface area contributed by atoms with Crippen LogP contribution in [0.15, 0.2) is 18.2 Å². The van der Waals surface area contributed by atoms with Gasteiger partial charge in [0.2, 0.25) is 0 Å². The Morgan fingerprint density at radius 1 is 1.31 bits per heavy atom. The van der Waals surface area contributed by atoms with Crippen LogP contribution in [-0.2, 0) is 4.74 Å². The normalized spacial score (nSPS) is 19.8. The first-order valence-corrected chi connectivity index (χ1v) is 4.14. The summed E-state index contributed by atoms with van der Waals surface area (Å²) in [7, 11) is 0. The van der Waals surface area contributed by atoms with Crippen LogP contribution in [0.3, 0.4) is 0 Å². The Labute approximate surface area is 76.4 Å². The van der Waals surface area contributed by atoms with Crippen molar-refractivity contribution >= 4 is 11.4 Å². The lowest BCUT2D eigenvalue weighted by molar-refractivity contribution is 0.263. The SMILES string of the molecule is Nc1cc(N)cc(OCC2CO2)c1. The Morgan fingerprint density at radius 3 is 2.46 bits per heavy atom. The van der Waals surface area contributed by atoms with Gasteiger partial charge >= 0.3 is 0 Å². The second-order valence-corrected chi connectivity index (χ2v) is 3.10. The van der Waals surface area contributed by atoms with E-state index in [4.69, 9.17) is 20.9 Å². The van der Waals surface area contributed by atoms with E-state index >= 15 is 0 Å². The van der Waals surface area contributed by atoms with Crippen molar-refractivity contribution < 1.29 is 9.47 Å². The van der Waals surface area contributed by atoms with Crippen LogP contribution in [0.5, 0.6) is 5.75 Å². The number of nitrogen functional groups attached to an aromatic ring is 2. The zero-order valence-corrected chi connectivity index (χ0v) is 7.19. The number of epoxide rings is 1. The molecule has 1 aromatic carbocycles. The molecular weight excluding hydrogens is 168 g/mol. The lowest BCUT2D eigenvalue weighted by Gasteiger charge is -2.05. The summed E-state index contributed by atoms with van der Waals surface area (Å²) in [5, 5.41) is 0. The Balaban J connectivity index is 2.01. The van der Waals surface area contributed by atoms with Crippen LogP contribution >= 0.6 is 0 Å². The third-order valence-corrected chi connectivity index (χ3v) is 1.79. The van der Waals surface area contributed by atoms with Gasteiger partial charge in [-0.1, -0.05) is 0 Å². The highest BCUT2D eigenvalue weighted by atomic mass is 16.6. The molecule has 1 aliphatic heterocycles. The molecule has 4 N–H and O–H groups in total. The molecule has 0 amide bonds. The van der Waals surface area contributed by atoms with Crippen LogP contribution in [0.25, 0.3) is 0 Å². The van der Waals surface area contributed by atoms with Gasteiger partial charge in [-0.05, 0) is 6.07 Å². The van der Waals surface area contributed by atoms with Crippen molar-refractivity contribution in [1.29, 1.82) is 0 Å². The van der Waals surface area contributed by atoms with Crippen LogP contribution < -0.4 is 16.2 Å². The Morgan fingerprint density at radius 2 is 1.92 bits per heavy atom. The molecule has 0 bridgehead atoms. The van der Waals surface area contributed by atoms with Crippen molar-refractivity contribution in [3.05, 3.63) is 18.2 Å². The van der Waals surface area contributed by atoms with Crippen LogP contribution in [0.2, 0.25) is 0 Å². The van der Waals surface area contributed by atoms with Gasteiger partial charge in [0.25, 0.3) is 0 Å². The van der Waals surface area contributed by atoms with E-state index in [1.807, 2.05) is 0 Å². The van der Waals surface area contributed by atoms with Gasteiger partial charge in [-0.25, -0.2) is 0 Å². The molecule has 0 aromatic heterocycles. The van der Waals surface area contributed by atoms with E-state index in [2.05, 4.69) is 0 Å². The zero-order chi connectivity index (χ0) is 9.26. The van der Waals surface area contributed by atoms with Gasteiger partial charge < -0.3 is 20.9 Å². The fourth-order valence-electron chi connectivity index (χ4n) is 1.08. The molecule has 4 heteroatoms. The number of ether oxygens (including phenoxy) is 2. The summed E-state index contributed by atoms with van der Waals surface area (Å²) < 4.78 is 10.4. The second-order valence-electron chi connectivity index (χ2n) is 3.10. The molecule has 0 radical (unpaired) electrons. The molecule has 0 saturated carbocycles. The average molecular weight is 180 g/mol. The number of benzene rings is 1. The van der Waals surface area contributed by atoms with E-state index in [0.717, 1.165) is 6.61 Å². The predicted molar refractivity (Wildman–Crippen MR) is 50.5 cm³/mol. The average Bonchev–Trinajstić information content (AvgIpc) is 2.81. The van der Waals surface area contributed by atoms with E-state index in [9.17, 15) is 0 Å². The molecule has 0 aliphatic carbocycles. The first kappa shape index (κ1) is 8.19. The van der Waals surface area contributed by atoms with Crippen LogP contribution in [0, 0.1) is 0 Å². The number of nitrogens with two attached hydrogens (primary N) is 2. The van der Waals surface area contributed by atoms with Crippen molar-refractivity contribution in [1.82, 2.24) is 0 Å². The lowest BCUT2D eigenvalue weighted by Crippen LogP contribution is -2.04. The monoisotopic (exact) mass is 180 g/mol. The highest BCUT2D eigenvalue weighted by molar-refractivity contribution is 5.56. The standard InChI is InChI=1S/C9H12N2O2/c10-6-1-7(11)3-8(2-6)12-4-9-5-13-9/h1-3,9H,4-5,10-11H2. The number of hydrogen-bond acceptors (Lipinski definition) is 4. The molecule has 1 atom stereocenters. The summed E-state index contributed by atoms with van der Waals surface area (Å²) in [6.07, 6.45) is 0.252. The molecule has 70 valence electrons. The third kappa shape index (κ3) is 2.26. The fraction of sp³-hybridized carbons (Fsp3) is 0.333. The lowest BCUT2D eigenvalue weighted by atomic mass is 10.2. The Kier molecular flexibility index (Phi) is 1.98. The first-order valence-electron chi connectivity index (χ1n) is 4.14. The molecule has 1 aliphatic rings. The molecule has 13 heavy (non-hydrogen) atoms. The van der Waals surface area contributed by atoms with Gasteiger partial charge in [0.05, 0.1) is 6.61 Å². The van der Waals surface area contributed by atoms with Crippen LogP contribution in [0.4, 0.5) is 11.4 Å². The first-order chi connectivity index (χ1) is 6.24. The maximum atomic E-state index is 5.59. The van der Waals surface area contributed by atoms with Gasteiger partial charge in [0.15, 0.2) is 0 Å². The summed E-state index contributed by atoms with van der Waals surface area (Å²) in [4.78, 5) is 0. The van der Waals surface area contributed by atoms with E-state index in [1.54, 1.807) is 18.2 Å². The van der Waals surface area contributed by atoms with Crippen molar-refractivity contribution in [3.8, 4) is 5.75 Å². The molecule has 1 fully saturated rings. The molecule has 1 heterocycles. The topological polar surface area (TPSA) is 73.8 Å². The molecular formula is C9H12N2O2. The molecule has 1 unspecified atom stereocenters. The van der Waals surface area contributed by atoms with Crippen molar-refractivity contribution in [2.45, 2.75) is 6.10 Å². The van der Waals surface area contributed by atoms with Crippen LogP contribution in [-0.4, -0.2) is 19.3 Å². The van der Waals surface area contributed by atoms with Gasteiger partial charge in [0.1, 0.15) is 18.5 Å². The molecule has 0 spiro atoms. The minimum absolute atomic E-state index is 0.252. The maximum absolute atomic E-state index is 5.59. The number of rotatable bonds is 3. The van der Waals surface area contributed by atoms with Gasteiger partial charge in [0, 0.05) is 23.5 Å². The fourth-order valence-corrected chi connectivity index (χ4v) is 1.08. The molecule has 4 nitrogen and oxygen atoms in total. The van der Waals surface area contributed by atoms with Crippen molar-refractivity contribution in [2.24, 2.45) is 0 Å². The summed E-state index contributed by atoms with van der Waals surface area (Å²) in [6, 6.07) is 5.19. The summed E-state index contributed by atoms with van der Waals surface area (Å²) in [5.74, 6) is 0.702. The highest BCUT2D eigenvalue weighted by Crippen LogP contribution is 2.21. The largest absolute Gasteiger partial charge is 0.491 e. The van der Waals surface area contributed by atoms with E-state index < -0.39 is 0 Å².